The van der Waals surface area contributed by atoms with Gasteiger partial charge in [0, 0.05) is 25.7 Å². The summed E-state index contributed by atoms with van der Waals surface area (Å²) in [7, 11) is 1.85. The van der Waals surface area contributed by atoms with Gasteiger partial charge in [-0.3, -0.25) is 9.48 Å². The number of aromatic nitrogens is 2. The van der Waals surface area contributed by atoms with E-state index in [2.05, 4.69) is 5.10 Å². The smallest absolute Gasteiger partial charge is 0.311 e. The molecule has 1 atom stereocenters. The highest BCUT2D eigenvalue weighted by Gasteiger charge is 2.38. The number of aryl methyl sites for hydroxylation is 2. The highest BCUT2D eigenvalue weighted by atomic mass is 16.4. The van der Waals surface area contributed by atoms with E-state index >= 15 is 0 Å². The average Bonchev–Trinajstić information content (AvgIpc) is 2.68. The molecule has 0 aliphatic rings. The SMILES string of the molecule is CCc1cc(CC(CN)(CC(C)C)C(=O)O)n(C)n1. The Morgan fingerprint density at radius 1 is 1.58 bits per heavy atom. The van der Waals surface area contributed by atoms with Gasteiger partial charge in [-0.1, -0.05) is 20.8 Å². The molecule has 1 rings (SSSR count). The quantitative estimate of drug-likeness (QED) is 0.786. The lowest BCUT2D eigenvalue weighted by Crippen LogP contribution is -2.42. The van der Waals surface area contributed by atoms with Gasteiger partial charge in [-0.15, -0.1) is 0 Å². The summed E-state index contributed by atoms with van der Waals surface area (Å²) >= 11 is 0. The van der Waals surface area contributed by atoms with E-state index in [1.165, 1.54) is 0 Å². The van der Waals surface area contributed by atoms with E-state index in [-0.39, 0.29) is 6.54 Å². The van der Waals surface area contributed by atoms with Crippen molar-refractivity contribution in [2.24, 2.45) is 24.1 Å². The summed E-state index contributed by atoms with van der Waals surface area (Å²) < 4.78 is 1.77. The van der Waals surface area contributed by atoms with Crippen LogP contribution in [-0.4, -0.2) is 27.4 Å². The molecule has 0 spiro atoms. The third-order valence-corrected chi connectivity index (χ3v) is 3.55. The third-order valence-electron chi connectivity index (χ3n) is 3.55. The minimum absolute atomic E-state index is 0.146. The number of carboxylic acids is 1. The van der Waals surface area contributed by atoms with Crippen LogP contribution in [0.25, 0.3) is 0 Å². The Bertz CT molecular complexity index is 440. The van der Waals surface area contributed by atoms with E-state index in [0.717, 1.165) is 17.8 Å². The maximum atomic E-state index is 11.7. The van der Waals surface area contributed by atoms with Gasteiger partial charge in [0.2, 0.25) is 0 Å². The summed E-state index contributed by atoms with van der Waals surface area (Å²) in [5, 5.41) is 13.9. The second kappa shape index (κ2) is 6.19. The normalized spacial score (nSPS) is 14.6. The Hall–Kier alpha value is -1.36. The van der Waals surface area contributed by atoms with Gasteiger partial charge in [0.05, 0.1) is 11.1 Å². The standard InChI is InChI=1S/C14H25N3O2/c1-5-11-6-12(17(4)16-11)8-14(9-15,13(18)19)7-10(2)3/h6,10H,5,7-9,15H2,1-4H3,(H,18,19). The lowest BCUT2D eigenvalue weighted by Gasteiger charge is -2.29. The summed E-state index contributed by atoms with van der Waals surface area (Å²) in [6, 6.07) is 1.98. The van der Waals surface area contributed by atoms with Crippen molar-refractivity contribution in [3.05, 3.63) is 17.5 Å². The molecular weight excluding hydrogens is 242 g/mol. The number of nitrogens with two attached hydrogens (primary N) is 1. The van der Waals surface area contributed by atoms with E-state index in [4.69, 9.17) is 5.73 Å². The maximum Gasteiger partial charge on any atom is 0.311 e. The van der Waals surface area contributed by atoms with Crippen molar-refractivity contribution in [3.8, 4) is 0 Å². The lowest BCUT2D eigenvalue weighted by atomic mass is 9.76. The number of carboxylic acid groups (broad SMARTS) is 1. The van der Waals surface area contributed by atoms with Crippen molar-refractivity contribution in [2.45, 2.75) is 40.0 Å². The summed E-state index contributed by atoms with van der Waals surface area (Å²) in [4.78, 5) is 11.7. The molecule has 0 saturated carbocycles. The van der Waals surface area contributed by atoms with Crippen molar-refractivity contribution < 1.29 is 9.90 Å². The van der Waals surface area contributed by atoms with Gasteiger partial charge in [-0.2, -0.15) is 5.10 Å². The third kappa shape index (κ3) is 3.56. The Morgan fingerprint density at radius 2 is 2.21 bits per heavy atom. The highest BCUT2D eigenvalue weighted by Crippen LogP contribution is 2.30. The summed E-state index contributed by atoms with van der Waals surface area (Å²) in [5.41, 5.74) is 6.81. The van der Waals surface area contributed by atoms with Gasteiger partial charge in [0.15, 0.2) is 0 Å². The molecule has 1 unspecified atom stereocenters. The minimum atomic E-state index is -0.896. The zero-order valence-electron chi connectivity index (χ0n) is 12.3. The van der Waals surface area contributed by atoms with Gasteiger partial charge >= 0.3 is 5.97 Å². The molecule has 1 aromatic rings. The van der Waals surface area contributed by atoms with E-state index < -0.39 is 11.4 Å². The molecule has 108 valence electrons. The predicted molar refractivity (Wildman–Crippen MR) is 74.9 cm³/mol. The Balaban J connectivity index is 3.05. The molecule has 0 saturated heterocycles. The van der Waals surface area contributed by atoms with E-state index in [0.29, 0.717) is 18.8 Å². The second-order valence-electron chi connectivity index (χ2n) is 5.67. The molecule has 0 aliphatic carbocycles. The molecular formula is C14H25N3O2. The first-order valence-corrected chi connectivity index (χ1v) is 6.80. The number of rotatable bonds is 7. The van der Waals surface area contributed by atoms with Crippen LogP contribution in [0.3, 0.4) is 0 Å². The number of hydrogen-bond donors (Lipinski definition) is 2. The largest absolute Gasteiger partial charge is 0.481 e. The average molecular weight is 267 g/mol. The summed E-state index contributed by atoms with van der Waals surface area (Å²) in [6.45, 7) is 6.23. The Kier molecular flexibility index (Phi) is 5.11. The zero-order chi connectivity index (χ0) is 14.6. The van der Waals surface area contributed by atoms with Crippen molar-refractivity contribution in [3.63, 3.8) is 0 Å². The molecule has 0 fully saturated rings. The van der Waals surface area contributed by atoms with Crippen molar-refractivity contribution in [1.29, 1.82) is 0 Å². The van der Waals surface area contributed by atoms with Gasteiger partial charge < -0.3 is 10.8 Å². The molecule has 5 nitrogen and oxygen atoms in total. The van der Waals surface area contributed by atoms with Crippen LogP contribution in [0, 0.1) is 11.3 Å². The van der Waals surface area contributed by atoms with Crippen LogP contribution in [0.1, 0.15) is 38.6 Å². The van der Waals surface area contributed by atoms with Gasteiger partial charge in [-0.05, 0) is 24.8 Å². The Labute approximate surface area is 114 Å². The van der Waals surface area contributed by atoms with Crippen LogP contribution >= 0.6 is 0 Å². The molecule has 1 heterocycles. The van der Waals surface area contributed by atoms with Gasteiger partial charge in [0.1, 0.15) is 0 Å². The first-order valence-electron chi connectivity index (χ1n) is 6.80. The van der Waals surface area contributed by atoms with Crippen LogP contribution in [0.5, 0.6) is 0 Å². The van der Waals surface area contributed by atoms with Crippen LogP contribution in [-0.2, 0) is 24.7 Å². The molecule has 0 radical (unpaired) electrons. The fourth-order valence-electron chi connectivity index (χ4n) is 2.52. The van der Waals surface area contributed by atoms with Crippen molar-refractivity contribution in [2.75, 3.05) is 6.54 Å². The highest BCUT2D eigenvalue weighted by molar-refractivity contribution is 5.75. The monoisotopic (exact) mass is 267 g/mol. The zero-order valence-corrected chi connectivity index (χ0v) is 12.3. The molecule has 3 N–H and O–H groups in total. The van der Waals surface area contributed by atoms with E-state index in [9.17, 15) is 9.90 Å². The minimum Gasteiger partial charge on any atom is -0.481 e. The number of nitrogens with zero attached hydrogens (tertiary/aromatic N) is 2. The topological polar surface area (TPSA) is 81.1 Å². The molecule has 5 heteroatoms. The van der Waals surface area contributed by atoms with Gasteiger partial charge in [-0.25, -0.2) is 0 Å². The first kappa shape index (κ1) is 15.7. The Morgan fingerprint density at radius 3 is 2.58 bits per heavy atom. The molecule has 0 bridgehead atoms. The molecule has 1 aromatic heterocycles. The lowest BCUT2D eigenvalue weighted by molar-refractivity contribution is -0.149. The number of aliphatic carboxylic acids is 1. The van der Waals surface area contributed by atoms with Crippen LogP contribution in [0.4, 0.5) is 0 Å². The molecule has 19 heavy (non-hydrogen) atoms. The van der Waals surface area contributed by atoms with Gasteiger partial charge in [0.25, 0.3) is 0 Å². The van der Waals surface area contributed by atoms with Crippen LogP contribution < -0.4 is 5.73 Å². The van der Waals surface area contributed by atoms with Crippen molar-refractivity contribution >= 4 is 5.97 Å². The van der Waals surface area contributed by atoms with Crippen LogP contribution in [0.2, 0.25) is 0 Å². The number of hydrogen-bond acceptors (Lipinski definition) is 3. The molecule has 0 amide bonds. The predicted octanol–water partition coefficient (Wildman–Crippen LogP) is 1.60. The van der Waals surface area contributed by atoms with Crippen LogP contribution in [0.15, 0.2) is 6.07 Å². The number of carbonyl (C=O) groups is 1. The molecule has 0 aliphatic heterocycles. The molecule has 0 aromatic carbocycles. The van der Waals surface area contributed by atoms with Crippen molar-refractivity contribution in [1.82, 2.24) is 9.78 Å². The van der Waals surface area contributed by atoms with E-state index in [1.807, 2.05) is 33.9 Å². The first-order chi connectivity index (χ1) is 8.84. The fraction of sp³-hybridized carbons (Fsp3) is 0.714. The second-order valence-corrected chi connectivity index (χ2v) is 5.67. The summed E-state index contributed by atoms with van der Waals surface area (Å²) in [5.74, 6) is -0.526. The fourth-order valence-corrected chi connectivity index (χ4v) is 2.52. The maximum absolute atomic E-state index is 11.7. The summed E-state index contributed by atoms with van der Waals surface area (Å²) in [6.07, 6.45) is 1.85. The van der Waals surface area contributed by atoms with E-state index in [1.54, 1.807) is 4.68 Å².